The summed E-state index contributed by atoms with van der Waals surface area (Å²) < 4.78 is 0. The molecule has 0 radical (unpaired) electrons. The quantitative estimate of drug-likeness (QED) is 0.791. The molecule has 5 nitrogen and oxygen atoms in total. The molecule has 0 spiro atoms. The summed E-state index contributed by atoms with van der Waals surface area (Å²) in [5.41, 5.74) is 2.18. The highest BCUT2D eigenvalue weighted by atomic mass is 16.2. The first-order chi connectivity index (χ1) is 13.1. The number of imide groups is 1. The minimum atomic E-state index is -0.199. The fourth-order valence-electron chi connectivity index (χ4n) is 3.01. The van der Waals surface area contributed by atoms with Crippen LogP contribution in [0.4, 0.5) is 5.69 Å². The van der Waals surface area contributed by atoms with E-state index in [4.69, 9.17) is 0 Å². The number of hydrogen-bond acceptors (Lipinski definition) is 4. The number of likely N-dealkylation sites (N-methyl/N-ethyl adjacent to an activating group) is 1. The zero-order chi connectivity index (χ0) is 20.8. The standard InChI is InChI=1S/C16H21N3O2.3C2H6/c1-18-7-9-19(10-8-18)13-4-2-3-12(11-13)14-5-6-15(20)17-16(14)21;3*1-2/h2-4,11,14H,5-10H2,1H3,(H,17,20,21);3*1-2H3. The Balaban J connectivity index is 0.00000103. The minimum absolute atomic E-state index is 0.161. The summed E-state index contributed by atoms with van der Waals surface area (Å²) in [4.78, 5) is 27.9. The number of piperidine rings is 1. The van der Waals surface area contributed by atoms with Gasteiger partial charge in [-0.1, -0.05) is 53.7 Å². The second-order valence-corrected chi connectivity index (χ2v) is 5.89. The maximum Gasteiger partial charge on any atom is 0.234 e. The van der Waals surface area contributed by atoms with E-state index in [9.17, 15) is 9.59 Å². The van der Waals surface area contributed by atoms with Crippen LogP contribution in [-0.2, 0) is 9.59 Å². The first-order valence-electron chi connectivity index (χ1n) is 10.5. The number of hydrogen-bond donors (Lipinski definition) is 1. The van der Waals surface area contributed by atoms with Crippen LogP contribution in [0.3, 0.4) is 0 Å². The summed E-state index contributed by atoms with van der Waals surface area (Å²) in [6, 6.07) is 8.19. The number of carbonyl (C=O) groups is 2. The van der Waals surface area contributed by atoms with Gasteiger partial charge in [0.2, 0.25) is 11.8 Å². The zero-order valence-electron chi connectivity index (χ0n) is 18.3. The van der Waals surface area contributed by atoms with Gasteiger partial charge < -0.3 is 9.80 Å². The van der Waals surface area contributed by atoms with E-state index < -0.39 is 0 Å². The summed E-state index contributed by atoms with van der Waals surface area (Å²) in [5.74, 6) is -0.525. The summed E-state index contributed by atoms with van der Waals surface area (Å²) in [5, 5.41) is 2.43. The number of nitrogens with one attached hydrogen (secondary N) is 1. The Morgan fingerprint density at radius 2 is 1.52 bits per heavy atom. The first kappa shape index (κ1) is 25.1. The predicted molar refractivity (Wildman–Crippen MR) is 115 cm³/mol. The van der Waals surface area contributed by atoms with Gasteiger partial charge >= 0.3 is 0 Å². The van der Waals surface area contributed by atoms with Gasteiger partial charge in [-0.15, -0.1) is 0 Å². The number of piperazine rings is 1. The third kappa shape index (κ3) is 7.71. The second kappa shape index (κ2) is 14.2. The molecule has 2 aliphatic rings. The van der Waals surface area contributed by atoms with Gasteiger partial charge in [-0.25, -0.2) is 0 Å². The molecule has 2 heterocycles. The third-order valence-electron chi connectivity index (χ3n) is 4.38. The number of nitrogens with zero attached hydrogens (tertiary/aromatic N) is 2. The molecular weight excluding hydrogens is 338 g/mol. The fourth-order valence-corrected chi connectivity index (χ4v) is 3.01. The average molecular weight is 378 g/mol. The SMILES string of the molecule is CC.CC.CC.CN1CCN(c2cccc(C3CCC(=O)NC3=O)c2)CC1. The Hall–Kier alpha value is -1.88. The molecule has 1 aromatic carbocycles. The molecule has 0 aliphatic carbocycles. The van der Waals surface area contributed by atoms with Crippen molar-refractivity contribution in [2.75, 3.05) is 38.1 Å². The monoisotopic (exact) mass is 377 g/mol. The van der Waals surface area contributed by atoms with Gasteiger partial charge in [0.15, 0.2) is 0 Å². The van der Waals surface area contributed by atoms with Crippen LogP contribution < -0.4 is 10.2 Å². The lowest BCUT2D eigenvalue weighted by Crippen LogP contribution is -2.44. The number of rotatable bonds is 2. The van der Waals surface area contributed by atoms with E-state index in [1.54, 1.807) is 0 Å². The van der Waals surface area contributed by atoms with Crippen molar-refractivity contribution in [2.45, 2.75) is 60.3 Å². The smallest absolute Gasteiger partial charge is 0.234 e. The van der Waals surface area contributed by atoms with Crippen LogP contribution in [0.25, 0.3) is 0 Å². The largest absolute Gasteiger partial charge is 0.369 e. The second-order valence-electron chi connectivity index (χ2n) is 5.89. The number of benzene rings is 1. The molecule has 3 rings (SSSR count). The molecule has 5 heteroatoms. The van der Waals surface area contributed by atoms with E-state index in [1.807, 2.05) is 53.7 Å². The Kier molecular flexibility index (Phi) is 13.2. The van der Waals surface area contributed by atoms with Crippen molar-refractivity contribution in [3.63, 3.8) is 0 Å². The normalized spacial score (nSPS) is 19.4. The Morgan fingerprint density at radius 1 is 0.926 bits per heavy atom. The van der Waals surface area contributed by atoms with E-state index in [2.05, 4.69) is 34.3 Å². The topological polar surface area (TPSA) is 52.6 Å². The van der Waals surface area contributed by atoms with Crippen molar-refractivity contribution in [1.82, 2.24) is 10.2 Å². The maximum atomic E-state index is 12.0. The van der Waals surface area contributed by atoms with Crippen molar-refractivity contribution in [2.24, 2.45) is 0 Å². The van der Waals surface area contributed by atoms with Gasteiger partial charge in [0.05, 0.1) is 5.92 Å². The molecular formula is C22H39N3O2. The van der Waals surface area contributed by atoms with Crippen molar-refractivity contribution >= 4 is 17.5 Å². The first-order valence-corrected chi connectivity index (χ1v) is 10.5. The van der Waals surface area contributed by atoms with E-state index in [0.717, 1.165) is 31.7 Å². The zero-order valence-corrected chi connectivity index (χ0v) is 18.3. The van der Waals surface area contributed by atoms with Crippen LogP contribution in [0, 0.1) is 0 Å². The highest BCUT2D eigenvalue weighted by Crippen LogP contribution is 2.28. The van der Waals surface area contributed by atoms with Crippen LogP contribution in [0.2, 0.25) is 0 Å². The lowest BCUT2D eigenvalue weighted by atomic mass is 9.90. The van der Waals surface area contributed by atoms with Gasteiger partial charge in [-0.05, 0) is 31.2 Å². The van der Waals surface area contributed by atoms with E-state index in [1.165, 1.54) is 5.69 Å². The molecule has 0 saturated carbocycles. The molecule has 0 aromatic heterocycles. The molecule has 1 unspecified atom stereocenters. The predicted octanol–water partition coefficient (Wildman–Crippen LogP) is 4.04. The lowest BCUT2D eigenvalue weighted by Gasteiger charge is -2.34. The van der Waals surface area contributed by atoms with Crippen LogP contribution in [0.5, 0.6) is 0 Å². The van der Waals surface area contributed by atoms with Crippen molar-refractivity contribution in [3.05, 3.63) is 29.8 Å². The van der Waals surface area contributed by atoms with Gasteiger partial charge in [0, 0.05) is 38.3 Å². The minimum Gasteiger partial charge on any atom is -0.369 e. The molecule has 2 fully saturated rings. The summed E-state index contributed by atoms with van der Waals surface area (Å²) >= 11 is 0. The fraction of sp³-hybridized carbons (Fsp3) is 0.636. The summed E-state index contributed by atoms with van der Waals surface area (Å²) in [6.07, 6.45) is 1.03. The average Bonchev–Trinajstić information content (AvgIpc) is 2.73. The number of carbonyl (C=O) groups excluding carboxylic acids is 2. The number of amides is 2. The maximum absolute atomic E-state index is 12.0. The van der Waals surface area contributed by atoms with E-state index in [0.29, 0.717) is 12.8 Å². The molecule has 1 aromatic rings. The molecule has 154 valence electrons. The molecule has 2 saturated heterocycles. The van der Waals surface area contributed by atoms with Crippen molar-refractivity contribution in [1.29, 1.82) is 0 Å². The van der Waals surface area contributed by atoms with Crippen molar-refractivity contribution in [3.8, 4) is 0 Å². The Morgan fingerprint density at radius 3 is 2.07 bits per heavy atom. The molecule has 27 heavy (non-hydrogen) atoms. The summed E-state index contributed by atoms with van der Waals surface area (Å²) in [6.45, 7) is 16.1. The summed E-state index contributed by atoms with van der Waals surface area (Å²) in [7, 11) is 2.14. The molecule has 2 aliphatic heterocycles. The number of anilines is 1. The van der Waals surface area contributed by atoms with Gasteiger partial charge in [-0.3, -0.25) is 14.9 Å². The van der Waals surface area contributed by atoms with Crippen LogP contribution in [-0.4, -0.2) is 49.9 Å². The Bertz CT molecular complexity index is 552. The van der Waals surface area contributed by atoms with Crippen LogP contribution in [0.1, 0.15) is 65.9 Å². The highest BCUT2D eigenvalue weighted by Gasteiger charge is 2.28. The van der Waals surface area contributed by atoms with Crippen LogP contribution >= 0.6 is 0 Å². The molecule has 1 atom stereocenters. The van der Waals surface area contributed by atoms with Gasteiger partial charge in [0.25, 0.3) is 0 Å². The van der Waals surface area contributed by atoms with Crippen molar-refractivity contribution < 1.29 is 9.59 Å². The molecule has 0 bridgehead atoms. The van der Waals surface area contributed by atoms with E-state index >= 15 is 0 Å². The Labute approximate surface area is 166 Å². The lowest BCUT2D eigenvalue weighted by molar-refractivity contribution is -0.134. The highest BCUT2D eigenvalue weighted by molar-refractivity contribution is 6.01. The van der Waals surface area contributed by atoms with E-state index in [-0.39, 0.29) is 17.7 Å². The van der Waals surface area contributed by atoms with Gasteiger partial charge in [-0.2, -0.15) is 0 Å². The molecule has 1 N–H and O–H groups in total. The third-order valence-corrected chi connectivity index (χ3v) is 4.38. The molecule has 2 amide bonds. The van der Waals surface area contributed by atoms with Gasteiger partial charge in [0.1, 0.15) is 0 Å². The van der Waals surface area contributed by atoms with Crippen LogP contribution in [0.15, 0.2) is 24.3 Å².